The minimum atomic E-state index is 0.146. The first-order chi connectivity index (χ1) is 9.69. The van der Waals surface area contributed by atoms with Gasteiger partial charge in [-0.1, -0.05) is 0 Å². The van der Waals surface area contributed by atoms with Crippen molar-refractivity contribution in [2.75, 3.05) is 36.9 Å². The Morgan fingerprint density at radius 3 is 2.40 bits per heavy atom. The van der Waals surface area contributed by atoms with E-state index in [1.165, 1.54) is 0 Å². The van der Waals surface area contributed by atoms with Gasteiger partial charge in [-0.3, -0.25) is 0 Å². The van der Waals surface area contributed by atoms with Gasteiger partial charge in [0.25, 0.3) is 0 Å². The number of ether oxygens (including phenoxy) is 2. The molecule has 0 saturated carbocycles. The Morgan fingerprint density at radius 1 is 1.10 bits per heavy atom. The summed E-state index contributed by atoms with van der Waals surface area (Å²) in [7, 11) is 0. The standard InChI is InChI=1S/C14H26N4O2/c1-5-15-12-8-13(16-9-11(4)20-7-3)18-14(17-12)10-19-6-2/h8,11H,5-7,9-10H2,1-4H3,(H2,15,16,17,18). The molecule has 1 unspecified atom stereocenters. The van der Waals surface area contributed by atoms with Crippen LogP contribution in [-0.4, -0.2) is 42.4 Å². The van der Waals surface area contributed by atoms with E-state index in [1.807, 2.05) is 33.8 Å². The summed E-state index contributed by atoms with van der Waals surface area (Å²) in [5.41, 5.74) is 0. The molecule has 0 aliphatic rings. The summed E-state index contributed by atoms with van der Waals surface area (Å²) in [4.78, 5) is 8.85. The fourth-order valence-corrected chi connectivity index (χ4v) is 1.71. The molecular weight excluding hydrogens is 256 g/mol. The Balaban J connectivity index is 2.69. The maximum atomic E-state index is 5.49. The predicted molar refractivity (Wildman–Crippen MR) is 81.1 cm³/mol. The van der Waals surface area contributed by atoms with Crippen LogP contribution in [0.4, 0.5) is 11.6 Å². The van der Waals surface area contributed by atoms with Crippen molar-refractivity contribution in [1.82, 2.24) is 9.97 Å². The Morgan fingerprint density at radius 2 is 1.80 bits per heavy atom. The van der Waals surface area contributed by atoms with E-state index in [2.05, 4.69) is 20.6 Å². The third-order valence-electron chi connectivity index (χ3n) is 2.59. The molecule has 1 heterocycles. The van der Waals surface area contributed by atoms with Crippen molar-refractivity contribution < 1.29 is 9.47 Å². The number of nitrogens with zero attached hydrogens (tertiary/aromatic N) is 2. The van der Waals surface area contributed by atoms with Crippen LogP contribution in [0.2, 0.25) is 0 Å². The van der Waals surface area contributed by atoms with Gasteiger partial charge in [0.15, 0.2) is 5.82 Å². The monoisotopic (exact) mass is 282 g/mol. The highest BCUT2D eigenvalue weighted by Gasteiger charge is 2.06. The van der Waals surface area contributed by atoms with Crippen LogP contribution >= 0.6 is 0 Å². The molecule has 1 aromatic rings. The van der Waals surface area contributed by atoms with E-state index in [4.69, 9.17) is 9.47 Å². The van der Waals surface area contributed by atoms with Crippen LogP contribution in [0.1, 0.15) is 33.5 Å². The first-order valence-electron chi connectivity index (χ1n) is 7.24. The van der Waals surface area contributed by atoms with Gasteiger partial charge in [0.2, 0.25) is 0 Å². The average molecular weight is 282 g/mol. The third-order valence-corrected chi connectivity index (χ3v) is 2.59. The number of rotatable bonds is 10. The Hall–Kier alpha value is -1.40. The molecule has 6 nitrogen and oxygen atoms in total. The molecule has 0 aliphatic carbocycles. The molecule has 2 N–H and O–H groups in total. The fraction of sp³-hybridized carbons (Fsp3) is 0.714. The van der Waals surface area contributed by atoms with E-state index in [1.54, 1.807) is 0 Å². The quantitative estimate of drug-likeness (QED) is 0.686. The molecule has 0 aromatic carbocycles. The maximum absolute atomic E-state index is 5.49. The number of anilines is 2. The van der Waals surface area contributed by atoms with E-state index < -0.39 is 0 Å². The smallest absolute Gasteiger partial charge is 0.158 e. The number of nitrogens with one attached hydrogen (secondary N) is 2. The van der Waals surface area contributed by atoms with E-state index in [-0.39, 0.29) is 6.10 Å². The van der Waals surface area contributed by atoms with E-state index >= 15 is 0 Å². The second-order valence-electron chi connectivity index (χ2n) is 4.37. The Kier molecular flexibility index (Phi) is 7.91. The molecule has 0 fully saturated rings. The van der Waals surface area contributed by atoms with Crippen molar-refractivity contribution in [1.29, 1.82) is 0 Å². The van der Waals surface area contributed by atoms with Crippen molar-refractivity contribution in [2.24, 2.45) is 0 Å². The number of hydrogen-bond acceptors (Lipinski definition) is 6. The molecular formula is C14H26N4O2. The fourth-order valence-electron chi connectivity index (χ4n) is 1.71. The lowest BCUT2D eigenvalue weighted by molar-refractivity contribution is 0.0854. The molecule has 114 valence electrons. The van der Waals surface area contributed by atoms with Crippen LogP contribution in [0.15, 0.2) is 6.07 Å². The summed E-state index contributed by atoms with van der Waals surface area (Å²) >= 11 is 0. The van der Waals surface area contributed by atoms with Gasteiger partial charge in [-0.2, -0.15) is 0 Å². The molecule has 1 rings (SSSR count). The molecule has 0 bridgehead atoms. The van der Waals surface area contributed by atoms with Gasteiger partial charge in [-0.15, -0.1) is 0 Å². The van der Waals surface area contributed by atoms with Crippen molar-refractivity contribution >= 4 is 11.6 Å². The minimum Gasteiger partial charge on any atom is -0.377 e. The SMILES string of the molecule is CCNc1cc(NCC(C)OCC)nc(COCC)n1. The van der Waals surface area contributed by atoms with Gasteiger partial charge in [0, 0.05) is 32.4 Å². The lowest BCUT2D eigenvalue weighted by Crippen LogP contribution is -2.20. The predicted octanol–water partition coefficient (Wildman–Crippen LogP) is 2.28. The van der Waals surface area contributed by atoms with Gasteiger partial charge in [-0.05, 0) is 27.7 Å². The largest absolute Gasteiger partial charge is 0.377 e. The summed E-state index contributed by atoms with van der Waals surface area (Å²) in [6.45, 7) is 11.3. The van der Waals surface area contributed by atoms with Crippen molar-refractivity contribution in [3.05, 3.63) is 11.9 Å². The summed E-state index contributed by atoms with van der Waals surface area (Å²) < 4.78 is 10.9. The first kappa shape index (κ1) is 16.7. The second-order valence-corrected chi connectivity index (χ2v) is 4.37. The van der Waals surface area contributed by atoms with Gasteiger partial charge in [0.05, 0.1) is 6.10 Å². The molecule has 0 spiro atoms. The summed E-state index contributed by atoms with van der Waals surface area (Å²) in [6, 6.07) is 1.90. The highest BCUT2D eigenvalue weighted by Crippen LogP contribution is 2.12. The summed E-state index contributed by atoms with van der Waals surface area (Å²) in [5.74, 6) is 2.28. The van der Waals surface area contributed by atoms with Crippen LogP contribution in [0.25, 0.3) is 0 Å². The van der Waals surface area contributed by atoms with Gasteiger partial charge >= 0.3 is 0 Å². The van der Waals surface area contributed by atoms with E-state index in [0.29, 0.717) is 32.2 Å². The lowest BCUT2D eigenvalue weighted by atomic mass is 10.4. The average Bonchev–Trinajstić information content (AvgIpc) is 2.43. The topological polar surface area (TPSA) is 68.3 Å². The molecule has 20 heavy (non-hydrogen) atoms. The summed E-state index contributed by atoms with van der Waals surface area (Å²) in [5, 5.41) is 6.47. The molecule has 0 radical (unpaired) electrons. The highest BCUT2D eigenvalue weighted by molar-refractivity contribution is 5.47. The molecule has 1 atom stereocenters. The van der Waals surface area contributed by atoms with Crippen LogP contribution < -0.4 is 10.6 Å². The number of hydrogen-bond donors (Lipinski definition) is 2. The molecule has 0 amide bonds. The first-order valence-corrected chi connectivity index (χ1v) is 7.24. The third kappa shape index (κ3) is 6.16. The minimum absolute atomic E-state index is 0.146. The Bertz CT molecular complexity index is 387. The van der Waals surface area contributed by atoms with Crippen molar-refractivity contribution in [2.45, 2.75) is 40.4 Å². The summed E-state index contributed by atoms with van der Waals surface area (Å²) in [6.07, 6.45) is 0.146. The number of aromatic nitrogens is 2. The zero-order chi connectivity index (χ0) is 14.8. The Labute approximate surface area is 121 Å². The van der Waals surface area contributed by atoms with Gasteiger partial charge < -0.3 is 20.1 Å². The zero-order valence-corrected chi connectivity index (χ0v) is 12.9. The van der Waals surface area contributed by atoms with Crippen LogP contribution in [-0.2, 0) is 16.1 Å². The molecule has 0 saturated heterocycles. The molecule has 0 aliphatic heterocycles. The highest BCUT2D eigenvalue weighted by atomic mass is 16.5. The van der Waals surface area contributed by atoms with E-state index in [9.17, 15) is 0 Å². The second kappa shape index (κ2) is 9.50. The molecule has 6 heteroatoms. The van der Waals surface area contributed by atoms with Crippen LogP contribution in [0, 0.1) is 0 Å². The maximum Gasteiger partial charge on any atom is 0.158 e. The van der Waals surface area contributed by atoms with Crippen LogP contribution in [0.5, 0.6) is 0 Å². The van der Waals surface area contributed by atoms with Gasteiger partial charge in [-0.25, -0.2) is 9.97 Å². The van der Waals surface area contributed by atoms with Crippen LogP contribution in [0.3, 0.4) is 0 Å². The zero-order valence-electron chi connectivity index (χ0n) is 12.9. The lowest BCUT2D eigenvalue weighted by Gasteiger charge is -2.14. The van der Waals surface area contributed by atoms with Crippen molar-refractivity contribution in [3.63, 3.8) is 0 Å². The van der Waals surface area contributed by atoms with Crippen molar-refractivity contribution in [3.8, 4) is 0 Å². The molecule has 1 aromatic heterocycles. The normalized spacial score (nSPS) is 12.2. The van der Waals surface area contributed by atoms with Gasteiger partial charge in [0.1, 0.15) is 18.2 Å². The van der Waals surface area contributed by atoms with E-state index in [0.717, 1.165) is 18.2 Å².